The van der Waals surface area contributed by atoms with Crippen LogP contribution in [-0.2, 0) is 4.79 Å². The van der Waals surface area contributed by atoms with Crippen LogP contribution in [0.1, 0.15) is 90.9 Å². The Morgan fingerprint density at radius 1 is 0.917 bits per heavy atom. The third kappa shape index (κ3) is 2.46. The Morgan fingerprint density at radius 2 is 1.71 bits per heavy atom. The molecule has 0 saturated heterocycles. The molecule has 4 saturated carbocycles. The Kier molecular flexibility index (Phi) is 4.24. The van der Waals surface area contributed by atoms with Gasteiger partial charge in [-0.1, -0.05) is 26.7 Å². The smallest absolute Gasteiger partial charge is 0.303 e. The Morgan fingerprint density at radius 3 is 2.50 bits per heavy atom. The van der Waals surface area contributed by atoms with Crippen LogP contribution < -0.4 is 0 Å². The Labute approximate surface area is 147 Å². The van der Waals surface area contributed by atoms with Gasteiger partial charge >= 0.3 is 5.97 Å². The van der Waals surface area contributed by atoms with Crippen LogP contribution in [0.2, 0.25) is 0 Å². The summed E-state index contributed by atoms with van der Waals surface area (Å²) in [7, 11) is 0. The van der Waals surface area contributed by atoms with Crippen molar-refractivity contribution in [2.75, 3.05) is 0 Å². The van der Waals surface area contributed by atoms with E-state index in [9.17, 15) is 4.79 Å². The molecule has 24 heavy (non-hydrogen) atoms. The number of aliphatic carboxylic acids is 1. The summed E-state index contributed by atoms with van der Waals surface area (Å²) in [6.45, 7) is 5.18. The molecule has 0 aromatic carbocycles. The number of carboxylic acids is 1. The van der Waals surface area contributed by atoms with Crippen molar-refractivity contribution in [2.24, 2.45) is 40.4 Å². The van der Waals surface area contributed by atoms with Crippen molar-refractivity contribution in [1.29, 1.82) is 0 Å². The molecule has 4 rings (SSSR count). The Hall–Kier alpha value is -0.530. The standard InChI is InChI=1S/C22H36O2/c1-21-13-4-3-5-15(21)6-9-17-18-10-7-16(8-11-20(23)24)22(18,2)14-12-19(17)21/h15-19H,3-14H2,1-2H3,(H,23,24)/t15?,16?,17?,18?,19?,21-,22?/m0/s1. The highest BCUT2D eigenvalue weighted by molar-refractivity contribution is 5.66. The molecule has 0 aromatic rings. The van der Waals surface area contributed by atoms with Gasteiger partial charge in [-0.3, -0.25) is 4.79 Å². The van der Waals surface area contributed by atoms with Gasteiger partial charge in [-0.05, 0) is 98.2 Å². The van der Waals surface area contributed by atoms with E-state index in [-0.39, 0.29) is 0 Å². The van der Waals surface area contributed by atoms with E-state index in [0.717, 1.165) is 30.1 Å². The predicted octanol–water partition coefficient (Wildman–Crippen LogP) is 5.90. The van der Waals surface area contributed by atoms with Gasteiger partial charge in [-0.15, -0.1) is 0 Å². The maximum atomic E-state index is 11.0. The zero-order chi connectivity index (χ0) is 16.9. The van der Waals surface area contributed by atoms with Gasteiger partial charge in [-0.25, -0.2) is 0 Å². The number of hydrogen-bond donors (Lipinski definition) is 1. The molecule has 0 aromatic heterocycles. The van der Waals surface area contributed by atoms with Gasteiger partial charge in [-0.2, -0.15) is 0 Å². The molecule has 4 fully saturated rings. The summed E-state index contributed by atoms with van der Waals surface area (Å²) in [5.74, 6) is 3.85. The number of rotatable bonds is 3. The van der Waals surface area contributed by atoms with E-state index in [1.54, 1.807) is 0 Å². The predicted molar refractivity (Wildman–Crippen MR) is 96.7 cm³/mol. The first-order valence-corrected chi connectivity index (χ1v) is 10.7. The van der Waals surface area contributed by atoms with Crippen LogP contribution in [-0.4, -0.2) is 11.1 Å². The SMILES string of the molecule is CC12CCC3C(CCC4CCCC[C@@]43C)C1CCC2CCC(=O)O. The monoisotopic (exact) mass is 332 g/mol. The van der Waals surface area contributed by atoms with Crippen LogP contribution in [0.5, 0.6) is 0 Å². The lowest BCUT2D eigenvalue weighted by atomic mass is 9.45. The summed E-state index contributed by atoms with van der Waals surface area (Å²) in [6, 6.07) is 0. The molecule has 6 unspecified atom stereocenters. The van der Waals surface area contributed by atoms with E-state index < -0.39 is 5.97 Å². The van der Waals surface area contributed by atoms with Crippen molar-refractivity contribution in [3.63, 3.8) is 0 Å². The van der Waals surface area contributed by atoms with Gasteiger partial charge in [0.25, 0.3) is 0 Å². The lowest BCUT2D eigenvalue weighted by Crippen LogP contribution is -2.52. The first-order chi connectivity index (χ1) is 11.4. The maximum Gasteiger partial charge on any atom is 0.303 e. The summed E-state index contributed by atoms with van der Waals surface area (Å²) < 4.78 is 0. The molecule has 0 spiro atoms. The first kappa shape index (κ1) is 16.9. The number of fused-ring (bicyclic) bond motifs is 5. The third-order valence-electron chi connectivity index (χ3n) is 9.49. The minimum Gasteiger partial charge on any atom is -0.481 e. The summed E-state index contributed by atoms with van der Waals surface area (Å²) >= 11 is 0. The highest BCUT2D eigenvalue weighted by atomic mass is 16.4. The van der Waals surface area contributed by atoms with E-state index >= 15 is 0 Å². The van der Waals surface area contributed by atoms with E-state index in [1.165, 1.54) is 64.2 Å². The summed E-state index contributed by atoms with van der Waals surface area (Å²) in [4.78, 5) is 11.0. The second kappa shape index (κ2) is 6.02. The summed E-state index contributed by atoms with van der Waals surface area (Å²) in [5.41, 5.74) is 1.07. The fraction of sp³-hybridized carbons (Fsp3) is 0.955. The lowest BCUT2D eigenvalue weighted by Gasteiger charge is -2.60. The highest BCUT2D eigenvalue weighted by Crippen LogP contribution is 2.67. The van der Waals surface area contributed by atoms with E-state index in [2.05, 4.69) is 13.8 Å². The maximum absolute atomic E-state index is 11.0. The van der Waals surface area contributed by atoms with E-state index in [0.29, 0.717) is 23.2 Å². The number of carbonyl (C=O) groups is 1. The van der Waals surface area contributed by atoms with Crippen molar-refractivity contribution < 1.29 is 9.90 Å². The lowest BCUT2D eigenvalue weighted by molar-refractivity contribution is -0.138. The molecule has 4 aliphatic rings. The van der Waals surface area contributed by atoms with Crippen molar-refractivity contribution in [1.82, 2.24) is 0 Å². The zero-order valence-corrected chi connectivity index (χ0v) is 15.7. The molecular weight excluding hydrogens is 296 g/mol. The quantitative estimate of drug-likeness (QED) is 0.698. The Balaban J connectivity index is 1.54. The average Bonchev–Trinajstić information content (AvgIpc) is 2.89. The normalized spacial score (nSPS) is 50.7. The molecule has 1 N–H and O–H groups in total. The number of hydrogen-bond acceptors (Lipinski definition) is 1. The molecule has 0 heterocycles. The minimum atomic E-state index is -0.606. The van der Waals surface area contributed by atoms with Gasteiger partial charge in [0.1, 0.15) is 0 Å². The fourth-order valence-electron chi connectivity index (χ4n) is 8.18. The molecule has 136 valence electrons. The molecule has 0 amide bonds. The fourth-order valence-corrected chi connectivity index (χ4v) is 8.18. The second-order valence-corrected chi connectivity index (χ2v) is 10.2. The topological polar surface area (TPSA) is 37.3 Å². The third-order valence-corrected chi connectivity index (χ3v) is 9.49. The van der Waals surface area contributed by atoms with Gasteiger partial charge in [0.2, 0.25) is 0 Å². The number of carboxylic acid groups (broad SMARTS) is 1. The van der Waals surface area contributed by atoms with Crippen molar-refractivity contribution >= 4 is 5.97 Å². The van der Waals surface area contributed by atoms with E-state index in [1.807, 2.05) is 0 Å². The van der Waals surface area contributed by atoms with Gasteiger partial charge in [0.05, 0.1) is 0 Å². The van der Waals surface area contributed by atoms with Crippen LogP contribution in [0.4, 0.5) is 0 Å². The first-order valence-electron chi connectivity index (χ1n) is 10.7. The summed E-state index contributed by atoms with van der Waals surface area (Å²) in [6.07, 6.45) is 15.6. The van der Waals surface area contributed by atoms with Gasteiger partial charge < -0.3 is 5.11 Å². The molecule has 2 heteroatoms. The molecule has 4 aliphatic carbocycles. The second-order valence-electron chi connectivity index (χ2n) is 10.2. The molecule has 2 nitrogen and oxygen atoms in total. The molecular formula is C22H36O2. The van der Waals surface area contributed by atoms with E-state index in [4.69, 9.17) is 5.11 Å². The molecule has 0 aliphatic heterocycles. The largest absolute Gasteiger partial charge is 0.481 e. The average molecular weight is 333 g/mol. The van der Waals surface area contributed by atoms with Crippen molar-refractivity contribution in [2.45, 2.75) is 90.9 Å². The van der Waals surface area contributed by atoms with Crippen LogP contribution >= 0.6 is 0 Å². The molecule has 7 atom stereocenters. The zero-order valence-electron chi connectivity index (χ0n) is 15.7. The van der Waals surface area contributed by atoms with Crippen molar-refractivity contribution in [3.8, 4) is 0 Å². The molecule has 0 radical (unpaired) electrons. The van der Waals surface area contributed by atoms with Crippen LogP contribution in [0.3, 0.4) is 0 Å². The Bertz CT molecular complexity index is 500. The molecule has 0 bridgehead atoms. The highest BCUT2D eigenvalue weighted by Gasteiger charge is 2.59. The minimum absolute atomic E-state index is 0.376. The van der Waals surface area contributed by atoms with Crippen LogP contribution in [0, 0.1) is 40.4 Å². The van der Waals surface area contributed by atoms with Crippen LogP contribution in [0.15, 0.2) is 0 Å². The summed E-state index contributed by atoms with van der Waals surface area (Å²) in [5, 5.41) is 9.10. The van der Waals surface area contributed by atoms with Crippen LogP contribution in [0.25, 0.3) is 0 Å². The van der Waals surface area contributed by atoms with Gasteiger partial charge in [0.15, 0.2) is 0 Å². The van der Waals surface area contributed by atoms with Gasteiger partial charge in [0, 0.05) is 6.42 Å². The van der Waals surface area contributed by atoms with Crippen molar-refractivity contribution in [3.05, 3.63) is 0 Å².